The SMILES string of the molecule is Cc1ccc(CNC(=O)CC2=C3CCCCC3N(C)C2=O)o1. The van der Waals surface area contributed by atoms with Gasteiger partial charge in [0.1, 0.15) is 11.5 Å². The Morgan fingerprint density at radius 2 is 2.23 bits per heavy atom. The molecule has 1 aromatic rings. The lowest BCUT2D eigenvalue weighted by molar-refractivity contribution is -0.128. The zero-order chi connectivity index (χ0) is 15.7. The van der Waals surface area contributed by atoms with Crippen LogP contribution in [0.5, 0.6) is 0 Å². The van der Waals surface area contributed by atoms with Crippen LogP contribution in [0.1, 0.15) is 43.6 Å². The van der Waals surface area contributed by atoms with Crippen molar-refractivity contribution in [3.8, 4) is 0 Å². The monoisotopic (exact) mass is 302 g/mol. The Balaban J connectivity index is 1.63. The van der Waals surface area contributed by atoms with Gasteiger partial charge in [-0.3, -0.25) is 9.59 Å². The number of likely N-dealkylation sites (N-methyl/N-ethyl adjacent to an activating group) is 1. The molecule has 1 N–H and O–H groups in total. The van der Waals surface area contributed by atoms with Gasteiger partial charge in [-0.05, 0) is 43.9 Å². The van der Waals surface area contributed by atoms with Crippen molar-refractivity contribution in [2.45, 2.75) is 51.6 Å². The summed E-state index contributed by atoms with van der Waals surface area (Å²) in [5.41, 5.74) is 1.89. The fourth-order valence-corrected chi connectivity index (χ4v) is 3.44. The maximum atomic E-state index is 12.4. The molecule has 0 aromatic carbocycles. The third-order valence-electron chi connectivity index (χ3n) is 4.60. The number of nitrogens with one attached hydrogen (secondary N) is 1. The van der Waals surface area contributed by atoms with Crippen LogP contribution in [0, 0.1) is 6.92 Å². The van der Waals surface area contributed by atoms with Gasteiger partial charge in [0.05, 0.1) is 19.0 Å². The number of carbonyl (C=O) groups excluding carboxylic acids is 2. The molecule has 1 unspecified atom stereocenters. The first kappa shape index (κ1) is 14.9. The van der Waals surface area contributed by atoms with E-state index in [0.29, 0.717) is 12.1 Å². The van der Waals surface area contributed by atoms with E-state index in [1.165, 1.54) is 5.57 Å². The van der Waals surface area contributed by atoms with Crippen molar-refractivity contribution in [2.24, 2.45) is 0 Å². The summed E-state index contributed by atoms with van der Waals surface area (Å²) < 4.78 is 5.43. The lowest BCUT2D eigenvalue weighted by Crippen LogP contribution is -2.33. The topological polar surface area (TPSA) is 62.6 Å². The number of amides is 2. The Morgan fingerprint density at radius 1 is 1.41 bits per heavy atom. The lowest BCUT2D eigenvalue weighted by atomic mass is 9.88. The molecule has 0 bridgehead atoms. The Hall–Kier alpha value is -2.04. The summed E-state index contributed by atoms with van der Waals surface area (Å²) in [6.07, 6.45) is 4.41. The van der Waals surface area contributed by atoms with Gasteiger partial charge >= 0.3 is 0 Å². The second-order valence-corrected chi connectivity index (χ2v) is 6.15. The molecule has 5 nitrogen and oxygen atoms in total. The van der Waals surface area contributed by atoms with Gasteiger partial charge in [-0.25, -0.2) is 0 Å². The molecule has 2 amide bonds. The number of furan rings is 1. The molecule has 0 radical (unpaired) electrons. The van der Waals surface area contributed by atoms with E-state index in [9.17, 15) is 9.59 Å². The van der Waals surface area contributed by atoms with Gasteiger partial charge in [0.25, 0.3) is 5.91 Å². The van der Waals surface area contributed by atoms with Crippen LogP contribution in [-0.2, 0) is 16.1 Å². The molecule has 2 heterocycles. The van der Waals surface area contributed by atoms with Crippen LogP contribution in [0.25, 0.3) is 0 Å². The first-order chi connectivity index (χ1) is 10.6. The minimum atomic E-state index is -0.121. The summed E-state index contributed by atoms with van der Waals surface area (Å²) in [4.78, 5) is 26.3. The zero-order valence-electron chi connectivity index (χ0n) is 13.1. The van der Waals surface area contributed by atoms with Crippen LogP contribution in [0.4, 0.5) is 0 Å². The Morgan fingerprint density at radius 3 is 2.95 bits per heavy atom. The smallest absolute Gasteiger partial charge is 0.250 e. The molecule has 0 spiro atoms. The minimum Gasteiger partial charge on any atom is -0.465 e. The third kappa shape index (κ3) is 2.80. The minimum absolute atomic E-state index is 0.0193. The quantitative estimate of drug-likeness (QED) is 0.928. The van der Waals surface area contributed by atoms with E-state index in [-0.39, 0.29) is 24.3 Å². The molecule has 1 atom stereocenters. The van der Waals surface area contributed by atoms with E-state index in [0.717, 1.165) is 37.2 Å². The Labute approximate surface area is 130 Å². The molecule has 1 fully saturated rings. The highest BCUT2D eigenvalue weighted by Gasteiger charge is 2.38. The number of rotatable bonds is 4. The molecular formula is C17H22N2O3. The van der Waals surface area contributed by atoms with Crippen molar-refractivity contribution in [3.63, 3.8) is 0 Å². The highest BCUT2D eigenvalue weighted by molar-refractivity contribution is 6.02. The largest absolute Gasteiger partial charge is 0.465 e. The van der Waals surface area contributed by atoms with Crippen LogP contribution < -0.4 is 5.32 Å². The van der Waals surface area contributed by atoms with Gasteiger partial charge in [0.2, 0.25) is 5.91 Å². The maximum absolute atomic E-state index is 12.4. The van der Waals surface area contributed by atoms with Crippen LogP contribution in [-0.4, -0.2) is 29.8 Å². The van der Waals surface area contributed by atoms with Crippen LogP contribution in [0.2, 0.25) is 0 Å². The van der Waals surface area contributed by atoms with Crippen LogP contribution in [0.15, 0.2) is 27.7 Å². The molecule has 0 saturated heterocycles. The van der Waals surface area contributed by atoms with Gasteiger partial charge in [-0.1, -0.05) is 6.42 Å². The molecule has 1 aliphatic carbocycles. The Kier molecular flexibility index (Phi) is 4.05. The predicted molar refractivity (Wildman–Crippen MR) is 82.0 cm³/mol. The summed E-state index contributed by atoms with van der Waals surface area (Å²) in [5, 5.41) is 2.83. The number of aryl methyl sites for hydroxylation is 1. The van der Waals surface area contributed by atoms with Crippen LogP contribution >= 0.6 is 0 Å². The average Bonchev–Trinajstić information content (AvgIpc) is 3.03. The predicted octanol–water partition coefficient (Wildman–Crippen LogP) is 2.31. The van der Waals surface area contributed by atoms with Crippen molar-refractivity contribution in [1.29, 1.82) is 0 Å². The summed E-state index contributed by atoms with van der Waals surface area (Å²) >= 11 is 0. The number of nitrogens with zero attached hydrogens (tertiary/aromatic N) is 1. The second-order valence-electron chi connectivity index (χ2n) is 6.15. The third-order valence-corrected chi connectivity index (χ3v) is 4.60. The maximum Gasteiger partial charge on any atom is 0.250 e. The van der Waals surface area contributed by atoms with Crippen molar-refractivity contribution in [1.82, 2.24) is 10.2 Å². The number of fused-ring (bicyclic) bond motifs is 1. The van der Waals surface area contributed by atoms with Gasteiger partial charge < -0.3 is 14.6 Å². The number of carbonyl (C=O) groups is 2. The molecular weight excluding hydrogens is 280 g/mol. The van der Waals surface area contributed by atoms with Gasteiger partial charge in [-0.15, -0.1) is 0 Å². The van der Waals surface area contributed by atoms with E-state index in [4.69, 9.17) is 4.42 Å². The van der Waals surface area contributed by atoms with Crippen molar-refractivity contribution in [3.05, 3.63) is 34.8 Å². The van der Waals surface area contributed by atoms with Gasteiger partial charge in [0, 0.05) is 12.6 Å². The molecule has 1 aliphatic heterocycles. The zero-order valence-corrected chi connectivity index (χ0v) is 13.1. The Bertz CT molecular complexity index is 630. The summed E-state index contributed by atoms with van der Waals surface area (Å²) in [6.45, 7) is 2.23. The fourth-order valence-electron chi connectivity index (χ4n) is 3.44. The molecule has 3 rings (SSSR count). The van der Waals surface area contributed by atoms with E-state index in [1.54, 1.807) is 4.90 Å². The van der Waals surface area contributed by atoms with E-state index >= 15 is 0 Å². The van der Waals surface area contributed by atoms with Crippen molar-refractivity contribution >= 4 is 11.8 Å². The molecule has 1 saturated carbocycles. The van der Waals surface area contributed by atoms with Crippen molar-refractivity contribution < 1.29 is 14.0 Å². The highest BCUT2D eigenvalue weighted by atomic mass is 16.3. The molecule has 2 aliphatic rings. The number of hydrogen-bond acceptors (Lipinski definition) is 3. The normalized spacial score (nSPS) is 21.3. The van der Waals surface area contributed by atoms with E-state index < -0.39 is 0 Å². The summed E-state index contributed by atoms with van der Waals surface area (Å²) in [5.74, 6) is 1.45. The summed E-state index contributed by atoms with van der Waals surface area (Å²) in [7, 11) is 1.84. The fraction of sp³-hybridized carbons (Fsp3) is 0.529. The first-order valence-corrected chi connectivity index (χ1v) is 7.87. The first-order valence-electron chi connectivity index (χ1n) is 7.87. The van der Waals surface area contributed by atoms with Gasteiger partial charge in [0.15, 0.2) is 0 Å². The van der Waals surface area contributed by atoms with E-state index in [1.807, 2.05) is 26.1 Å². The molecule has 118 valence electrons. The average molecular weight is 302 g/mol. The van der Waals surface area contributed by atoms with Gasteiger partial charge in [-0.2, -0.15) is 0 Å². The molecule has 22 heavy (non-hydrogen) atoms. The van der Waals surface area contributed by atoms with E-state index in [2.05, 4.69) is 5.32 Å². The molecule has 5 heteroatoms. The number of hydrogen-bond donors (Lipinski definition) is 1. The lowest BCUT2D eigenvalue weighted by Gasteiger charge is -2.26. The summed E-state index contributed by atoms with van der Waals surface area (Å²) in [6, 6.07) is 3.94. The van der Waals surface area contributed by atoms with Crippen molar-refractivity contribution in [2.75, 3.05) is 7.05 Å². The highest BCUT2D eigenvalue weighted by Crippen LogP contribution is 2.36. The van der Waals surface area contributed by atoms with Crippen LogP contribution in [0.3, 0.4) is 0 Å². The second kappa shape index (κ2) is 5.99. The standard InChI is InChI=1S/C17H22N2O3/c1-11-7-8-12(22-11)10-18-16(20)9-14-13-5-3-4-6-15(13)19(2)17(14)21/h7-8,15H,3-6,9-10H2,1-2H3,(H,18,20). The molecule has 1 aromatic heterocycles.